The maximum atomic E-state index is 12.8. The van der Waals surface area contributed by atoms with E-state index in [0.29, 0.717) is 10.8 Å². The van der Waals surface area contributed by atoms with E-state index in [9.17, 15) is 4.79 Å². The number of aromatic nitrogens is 1. The Kier molecular flexibility index (Phi) is 5.10. The number of nitrogens with zero attached hydrogens (tertiary/aromatic N) is 2. The molecule has 3 rings (SSSR count). The van der Waals surface area contributed by atoms with Crippen molar-refractivity contribution in [2.45, 2.75) is 16.7 Å². The van der Waals surface area contributed by atoms with Gasteiger partial charge in [-0.1, -0.05) is 0 Å². The van der Waals surface area contributed by atoms with Crippen molar-refractivity contribution in [1.29, 1.82) is 0 Å². The third kappa shape index (κ3) is 3.33. The summed E-state index contributed by atoms with van der Waals surface area (Å²) in [5.41, 5.74) is 0.705. The van der Waals surface area contributed by atoms with E-state index in [1.807, 2.05) is 47.2 Å². The first-order valence-electron chi connectivity index (χ1n) is 7.23. The summed E-state index contributed by atoms with van der Waals surface area (Å²) >= 11 is 3.37. The number of rotatable bonds is 3. The van der Waals surface area contributed by atoms with Crippen LogP contribution >= 0.6 is 23.5 Å². The van der Waals surface area contributed by atoms with Crippen LogP contribution in [0, 0.1) is 0 Å². The number of pyridine rings is 1. The predicted molar refractivity (Wildman–Crippen MR) is 90.4 cm³/mol. The van der Waals surface area contributed by atoms with Crippen LogP contribution in [-0.2, 0) is 0 Å². The molecule has 0 saturated carbocycles. The number of furan rings is 1. The van der Waals surface area contributed by atoms with Crippen LogP contribution in [-0.4, -0.2) is 40.9 Å². The molecule has 1 saturated heterocycles. The SMILES string of the molecule is CSc1ncccc1C(=O)N1CCSC(c2ccco2)CC1. The van der Waals surface area contributed by atoms with E-state index in [-0.39, 0.29) is 5.91 Å². The van der Waals surface area contributed by atoms with Crippen LogP contribution in [0.5, 0.6) is 0 Å². The first-order chi connectivity index (χ1) is 10.8. The fourth-order valence-corrected chi connectivity index (χ4v) is 4.28. The smallest absolute Gasteiger partial charge is 0.256 e. The van der Waals surface area contributed by atoms with Crippen molar-refractivity contribution in [3.05, 3.63) is 48.0 Å². The molecular weight excluding hydrogens is 316 g/mol. The van der Waals surface area contributed by atoms with Gasteiger partial charge in [0.1, 0.15) is 10.8 Å². The molecule has 1 aliphatic heterocycles. The van der Waals surface area contributed by atoms with E-state index in [0.717, 1.165) is 36.0 Å². The average Bonchev–Trinajstić information content (AvgIpc) is 2.99. The van der Waals surface area contributed by atoms with Gasteiger partial charge in [-0.15, -0.1) is 23.5 Å². The Morgan fingerprint density at radius 2 is 2.32 bits per heavy atom. The molecule has 2 aromatic rings. The van der Waals surface area contributed by atoms with Gasteiger partial charge in [0.05, 0.1) is 17.1 Å². The molecule has 1 aliphatic rings. The molecule has 0 radical (unpaired) electrons. The van der Waals surface area contributed by atoms with E-state index in [1.165, 1.54) is 11.8 Å². The molecule has 0 bridgehead atoms. The highest BCUT2D eigenvalue weighted by molar-refractivity contribution is 7.99. The van der Waals surface area contributed by atoms with E-state index in [4.69, 9.17) is 4.42 Å². The molecule has 2 aromatic heterocycles. The number of hydrogen-bond acceptors (Lipinski definition) is 5. The van der Waals surface area contributed by atoms with Crippen LogP contribution in [0.3, 0.4) is 0 Å². The standard InChI is InChI=1S/C16H18N2O2S2/c1-21-15-12(4-2-7-17-15)16(19)18-8-6-14(22-11-9-18)13-5-3-10-20-13/h2-5,7,10,14H,6,8-9,11H2,1H3. The lowest BCUT2D eigenvalue weighted by Crippen LogP contribution is -2.33. The number of carbonyl (C=O) groups excluding carboxylic acids is 1. The Hall–Kier alpha value is -1.40. The molecule has 0 N–H and O–H groups in total. The molecule has 0 spiro atoms. The van der Waals surface area contributed by atoms with Gasteiger partial charge in [0, 0.05) is 25.0 Å². The third-order valence-corrected chi connectivity index (χ3v) is 5.68. The molecule has 116 valence electrons. The lowest BCUT2D eigenvalue weighted by atomic mass is 10.2. The fourth-order valence-electron chi connectivity index (χ4n) is 2.56. The third-order valence-electron chi connectivity index (χ3n) is 3.68. The Morgan fingerprint density at radius 3 is 3.09 bits per heavy atom. The topological polar surface area (TPSA) is 46.3 Å². The molecule has 0 aromatic carbocycles. The van der Waals surface area contributed by atoms with Crippen molar-refractivity contribution in [3.8, 4) is 0 Å². The largest absolute Gasteiger partial charge is 0.468 e. The first kappa shape index (κ1) is 15.5. The van der Waals surface area contributed by atoms with E-state index < -0.39 is 0 Å². The van der Waals surface area contributed by atoms with E-state index in [2.05, 4.69) is 4.98 Å². The zero-order chi connectivity index (χ0) is 15.4. The molecule has 0 aliphatic carbocycles. The van der Waals surface area contributed by atoms with Gasteiger partial charge in [-0.2, -0.15) is 0 Å². The molecule has 6 heteroatoms. The van der Waals surface area contributed by atoms with Crippen LogP contribution < -0.4 is 0 Å². The summed E-state index contributed by atoms with van der Waals surface area (Å²) in [6.07, 6.45) is 6.31. The highest BCUT2D eigenvalue weighted by Gasteiger charge is 2.25. The Labute approximate surface area is 138 Å². The molecule has 1 fully saturated rings. The van der Waals surface area contributed by atoms with Crippen LogP contribution in [0.15, 0.2) is 46.2 Å². The maximum absolute atomic E-state index is 12.8. The lowest BCUT2D eigenvalue weighted by Gasteiger charge is -2.21. The highest BCUT2D eigenvalue weighted by Crippen LogP contribution is 2.35. The van der Waals surface area contributed by atoms with Crippen molar-refractivity contribution in [3.63, 3.8) is 0 Å². The highest BCUT2D eigenvalue weighted by atomic mass is 32.2. The lowest BCUT2D eigenvalue weighted by molar-refractivity contribution is 0.0761. The minimum Gasteiger partial charge on any atom is -0.468 e. The van der Waals surface area contributed by atoms with Crippen molar-refractivity contribution in [2.24, 2.45) is 0 Å². The normalized spacial score (nSPS) is 19.0. The van der Waals surface area contributed by atoms with Gasteiger partial charge in [0.15, 0.2) is 0 Å². The molecule has 1 atom stereocenters. The van der Waals surface area contributed by atoms with Crippen molar-refractivity contribution >= 4 is 29.4 Å². The van der Waals surface area contributed by atoms with Gasteiger partial charge in [-0.3, -0.25) is 4.79 Å². The van der Waals surface area contributed by atoms with Gasteiger partial charge < -0.3 is 9.32 Å². The fraction of sp³-hybridized carbons (Fsp3) is 0.375. The molecule has 1 unspecified atom stereocenters. The minimum atomic E-state index is 0.0816. The van der Waals surface area contributed by atoms with Crippen molar-refractivity contribution < 1.29 is 9.21 Å². The quantitative estimate of drug-likeness (QED) is 0.801. The molecular formula is C16H18N2O2S2. The predicted octanol–water partition coefficient (Wildman–Crippen LogP) is 3.72. The summed E-state index contributed by atoms with van der Waals surface area (Å²) < 4.78 is 5.51. The van der Waals surface area contributed by atoms with Gasteiger partial charge >= 0.3 is 0 Å². The zero-order valence-electron chi connectivity index (χ0n) is 12.4. The first-order valence-corrected chi connectivity index (χ1v) is 9.50. The molecule has 22 heavy (non-hydrogen) atoms. The van der Waals surface area contributed by atoms with E-state index in [1.54, 1.807) is 12.5 Å². The molecule has 3 heterocycles. The summed E-state index contributed by atoms with van der Waals surface area (Å²) in [4.78, 5) is 19.0. The number of thioether (sulfide) groups is 2. The van der Waals surface area contributed by atoms with E-state index >= 15 is 0 Å². The molecule has 4 nitrogen and oxygen atoms in total. The second-order valence-electron chi connectivity index (χ2n) is 5.02. The van der Waals surface area contributed by atoms with Crippen LogP contribution in [0.2, 0.25) is 0 Å². The Balaban J connectivity index is 1.71. The van der Waals surface area contributed by atoms with Gasteiger partial charge in [-0.05, 0) is 36.9 Å². The summed E-state index contributed by atoms with van der Waals surface area (Å²) in [6, 6.07) is 7.63. The second kappa shape index (κ2) is 7.24. The summed E-state index contributed by atoms with van der Waals surface area (Å²) in [6.45, 7) is 1.52. The van der Waals surface area contributed by atoms with Gasteiger partial charge in [0.25, 0.3) is 5.91 Å². The van der Waals surface area contributed by atoms with Crippen molar-refractivity contribution in [1.82, 2.24) is 9.88 Å². The number of amides is 1. The second-order valence-corrected chi connectivity index (χ2v) is 7.12. The monoisotopic (exact) mass is 334 g/mol. The Morgan fingerprint density at radius 1 is 1.41 bits per heavy atom. The summed E-state index contributed by atoms with van der Waals surface area (Å²) in [7, 11) is 0. The zero-order valence-corrected chi connectivity index (χ0v) is 14.0. The van der Waals surface area contributed by atoms with Gasteiger partial charge in [-0.25, -0.2) is 4.98 Å². The van der Waals surface area contributed by atoms with Crippen LogP contribution in [0.25, 0.3) is 0 Å². The van der Waals surface area contributed by atoms with Crippen LogP contribution in [0.4, 0.5) is 0 Å². The van der Waals surface area contributed by atoms with Crippen LogP contribution in [0.1, 0.15) is 27.8 Å². The maximum Gasteiger partial charge on any atom is 0.256 e. The average molecular weight is 334 g/mol. The summed E-state index contributed by atoms with van der Waals surface area (Å²) in [5, 5.41) is 1.13. The number of carbonyl (C=O) groups is 1. The Bertz CT molecular complexity index is 631. The minimum absolute atomic E-state index is 0.0816. The van der Waals surface area contributed by atoms with Gasteiger partial charge in [0.2, 0.25) is 0 Å². The molecule has 1 amide bonds. The number of hydrogen-bond donors (Lipinski definition) is 0. The summed E-state index contributed by atoms with van der Waals surface area (Å²) in [5.74, 6) is 2.01. The van der Waals surface area contributed by atoms with Crippen molar-refractivity contribution in [2.75, 3.05) is 25.1 Å².